The van der Waals surface area contributed by atoms with Gasteiger partial charge in [0.05, 0.1) is 19.3 Å². The zero-order valence-corrected chi connectivity index (χ0v) is 10.6. The van der Waals surface area contributed by atoms with E-state index in [0.29, 0.717) is 6.42 Å². The molecule has 1 fully saturated rings. The quantitative estimate of drug-likeness (QED) is 0.467. The molecule has 0 unspecified atom stereocenters. The van der Waals surface area contributed by atoms with Crippen LogP contribution in [0.2, 0.25) is 0 Å². The molecule has 1 rings (SSSR count). The molecule has 0 saturated carbocycles. The van der Waals surface area contributed by atoms with Crippen LogP contribution in [0.5, 0.6) is 0 Å². The predicted octanol–water partition coefficient (Wildman–Crippen LogP) is 0.891. The Kier molecular flexibility index (Phi) is 3.76. The molecule has 5 heteroatoms. The molecule has 1 N–H and O–H groups in total. The summed E-state index contributed by atoms with van der Waals surface area (Å²) in [5.41, 5.74) is 0. The lowest BCUT2D eigenvalue weighted by Crippen LogP contribution is -2.46. The molecule has 0 bridgehead atoms. The van der Waals surface area contributed by atoms with E-state index in [1.807, 2.05) is 29.5 Å². The van der Waals surface area contributed by atoms with E-state index in [4.69, 9.17) is 4.74 Å². The topological polar surface area (TPSA) is 55.8 Å². The Morgan fingerprint density at radius 2 is 2.29 bits per heavy atom. The van der Waals surface area contributed by atoms with Gasteiger partial charge < -0.3 is 14.6 Å². The first-order valence-corrected chi connectivity index (χ1v) is 5.58. The van der Waals surface area contributed by atoms with Crippen molar-refractivity contribution >= 4 is 28.6 Å². The molecular weight excluding hydrogens is 299 g/mol. The van der Waals surface area contributed by atoms with Gasteiger partial charge in [-0.05, 0) is 13.8 Å². The second kappa shape index (κ2) is 4.32. The van der Waals surface area contributed by atoms with E-state index >= 15 is 0 Å². The first kappa shape index (κ1) is 12.2. The molecule has 4 atom stereocenters. The average Bonchev–Trinajstić information content (AvgIpc) is 2.44. The van der Waals surface area contributed by atoms with Gasteiger partial charge >= 0.3 is 5.97 Å². The van der Waals surface area contributed by atoms with Crippen LogP contribution >= 0.6 is 22.6 Å². The van der Waals surface area contributed by atoms with E-state index in [2.05, 4.69) is 4.74 Å². The fourth-order valence-corrected chi connectivity index (χ4v) is 2.45. The Labute approximate surface area is 97.1 Å². The lowest BCUT2D eigenvalue weighted by Gasteiger charge is -2.28. The molecule has 0 aromatic carbocycles. The van der Waals surface area contributed by atoms with Crippen LogP contribution in [-0.4, -0.2) is 39.9 Å². The van der Waals surface area contributed by atoms with Crippen molar-refractivity contribution in [2.75, 3.05) is 7.11 Å². The number of hydrogen-bond acceptors (Lipinski definition) is 4. The second-order valence-corrected chi connectivity index (χ2v) is 5.98. The second-order valence-electron chi connectivity index (χ2n) is 3.74. The van der Waals surface area contributed by atoms with Crippen molar-refractivity contribution in [2.45, 2.75) is 42.0 Å². The van der Waals surface area contributed by atoms with Crippen molar-refractivity contribution in [1.29, 1.82) is 0 Å². The van der Waals surface area contributed by atoms with Crippen molar-refractivity contribution in [3.05, 3.63) is 0 Å². The Balaban J connectivity index is 2.77. The maximum Gasteiger partial charge on any atom is 0.324 e. The minimum atomic E-state index is -0.823. The molecule has 0 radical (unpaired) electrons. The van der Waals surface area contributed by atoms with Gasteiger partial charge in [0.1, 0.15) is 9.53 Å². The zero-order valence-electron chi connectivity index (χ0n) is 8.49. The molecule has 0 spiro atoms. The third kappa shape index (κ3) is 2.20. The maximum absolute atomic E-state index is 11.5. The zero-order chi connectivity index (χ0) is 10.9. The minimum absolute atomic E-state index is 0.00579. The number of rotatable bonds is 2. The molecule has 1 saturated heterocycles. The van der Waals surface area contributed by atoms with Crippen molar-refractivity contribution in [3.63, 3.8) is 0 Å². The van der Waals surface area contributed by atoms with Gasteiger partial charge in [0.25, 0.3) is 0 Å². The summed E-state index contributed by atoms with van der Waals surface area (Å²) in [4.78, 5) is 11.5. The SMILES string of the molecule is COC(=O)[C@@](C)(I)[C@H]1O[C@@H](C)C[C@@H]1O. The summed E-state index contributed by atoms with van der Waals surface area (Å²) in [6.45, 7) is 3.60. The highest BCUT2D eigenvalue weighted by molar-refractivity contribution is 14.1. The molecule has 1 aliphatic heterocycles. The molecule has 0 amide bonds. The van der Waals surface area contributed by atoms with Gasteiger partial charge in [-0.3, -0.25) is 4.79 Å². The lowest BCUT2D eigenvalue weighted by molar-refractivity contribution is -0.147. The first-order valence-electron chi connectivity index (χ1n) is 4.50. The molecule has 4 nitrogen and oxygen atoms in total. The molecule has 1 heterocycles. The van der Waals surface area contributed by atoms with Gasteiger partial charge in [-0.25, -0.2) is 0 Å². The normalized spacial score (nSPS) is 36.5. The molecule has 0 aliphatic carbocycles. The highest BCUT2D eigenvalue weighted by atomic mass is 127. The number of methoxy groups -OCH3 is 1. The third-order valence-electron chi connectivity index (χ3n) is 2.42. The molecule has 1 aliphatic rings. The summed E-state index contributed by atoms with van der Waals surface area (Å²) in [5, 5.41) is 9.70. The van der Waals surface area contributed by atoms with Crippen LogP contribution in [0.4, 0.5) is 0 Å². The molecular formula is C9H15IO4. The van der Waals surface area contributed by atoms with Crippen molar-refractivity contribution in [3.8, 4) is 0 Å². The Bertz CT molecular complexity index is 229. The number of aliphatic hydroxyl groups excluding tert-OH is 1. The highest BCUT2D eigenvalue weighted by Gasteiger charge is 2.48. The average molecular weight is 314 g/mol. The van der Waals surface area contributed by atoms with E-state index in [1.165, 1.54) is 7.11 Å². The van der Waals surface area contributed by atoms with Gasteiger partial charge in [0, 0.05) is 6.42 Å². The smallest absolute Gasteiger partial charge is 0.324 e. The maximum atomic E-state index is 11.5. The van der Waals surface area contributed by atoms with Gasteiger partial charge in [-0.2, -0.15) is 0 Å². The number of aliphatic hydroxyl groups is 1. The van der Waals surface area contributed by atoms with E-state index < -0.39 is 15.6 Å². The number of hydrogen-bond donors (Lipinski definition) is 1. The number of alkyl halides is 1. The number of ether oxygens (including phenoxy) is 2. The number of carbonyl (C=O) groups excluding carboxylic acids is 1. The highest BCUT2D eigenvalue weighted by Crippen LogP contribution is 2.35. The van der Waals surface area contributed by atoms with Crippen LogP contribution in [-0.2, 0) is 14.3 Å². The Morgan fingerprint density at radius 1 is 1.71 bits per heavy atom. The van der Waals surface area contributed by atoms with Crippen LogP contribution < -0.4 is 0 Å². The van der Waals surface area contributed by atoms with E-state index in [-0.39, 0.29) is 12.1 Å². The Hall–Kier alpha value is 0.120. The lowest BCUT2D eigenvalue weighted by atomic mass is 9.99. The Morgan fingerprint density at radius 3 is 2.64 bits per heavy atom. The number of esters is 1. The number of halogens is 1. The molecule has 0 aromatic rings. The summed E-state index contributed by atoms with van der Waals surface area (Å²) >= 11 is 1.97. The summed E-state index contributed by atoms with van der Waals surface area (Å²) in [5.74, 6) is -0.365. The first-order chi connectivity index (χ1) is 6.39. The summed E-state index contributed by atoms with van der Waals surface area (Å²) < 4.78 is 9.35. The minimum Gasteiger partial charge on any atom is -0.468 e. The van der Waals surface area contributed by atoms with Gasteiger partial charge in [0.15, 0.2) is 0 Å². The summed E-state index contributed by atoms with van der Waals surface area (Å²) in [6, 6.07) is 0. The van der Waals surface area contributed by atoms with Gasteiger partial charge in [-0.15, -0.1) is 0 Å². The standard InChI is InChI=1S/C9H15IO4/c1-5-4-6(11)7(14-5)9(2,10)8(12)13-3/h5-7,11H,4H2,1-3H3/t5-,6-,7-,9-/m0/s1. The fraction of sp³-hybridized carbons (Fsp3) is 0.889. The third-order valence-corrected chi connectivity index (χ3v) is 3.47. The van der Waals surface area contributed by atoms with Crippen molar-refractivity contribution in [1.82, 2.24) is 0 Å². The monoisotopic (exact) mass is 314 g/mol. The molecule has 14 heavy (non-hydrogen) atoms. The molecule has 0 aromatic heterocycles. The number of carbonyl (C=O) groups is 1. The predicted molar refractivity (Wildman–Crippen MR) is 59.4 cm³/mol. The van der Waals surface area contributed by atoms with Crippen LogP contribution in [0, 0.1) is 0 Å². The van der Waals surface area contributed by atoms with Crippen molar-refractivity contribution in [2.24, 2.45) is 0 Å². The molecule has 82 valence electrons. The van der Waals surface area contributed by atoms with Crippen LogP contribution in [0.15, 0.2) is 0 Å². The van der Waals surface area contributed by atoms with Crippen LogP contribution in [0.25, 0.3) is 0 Å². The van der Waals surface area contributed by atoms with E-state index in [1.54, 1.807) is 6.92 Å². The van der Waals surface area contributed by atoms with Crippen molar-refractivity contribution < 1.29 is 19.4 Å². The van der Waals surface area contributed by atoms with E-state index in [9.17, 15) is 9.90 Å². The van der Waals surface area contributed by atoms with Gasteiger partial charge in [-0.1, -0.05) is 22.6 Å². The summed E-state index contributed by atoms with van der Waals surface area (Å²) in [6.07, 6.45) is -0.509. The van der Waals surface area contributed by atoms with Gasteiger partial charge in [0.2, 0.25) is 0 Å². The van der Waals surface area contributed by atoms with Crippen LogP contribution in [0.3, 0.4) is 0 Å². The van der Waals surface area contributed by atoms with Crippen LogP contribution in [0.1, 0.15) is 20.3 Å². The summed E-state index contributed by atoms with van der Waals surface area (Å²) in [7, 11) is 1.34. The fourth-order valence-electron chi connectivity index (χ4n) is 1.66. The van der Waals surface area contributed by atoms with E-state index in [0.717, 1.165) is 0 Å². The largest absolute Gasteiger partial charge is 0.468 e.